The normalized spacial score (nSPS) is 11.0. The largest absolute Gasteiger partial charge is 0.446 e. The smallest absolute Gasteiger partial charge is 0.352 e. The Hall–Kier alpha value is -3.44. The molecule has 0 unspecified atom stereocenters. The maximum atomic E-state index is 12.5. The summed E-state index contributed by atoms with van der Waals surface area (Å²) in [7, 11) is 0. The molecule has 3 aromatic heterocycles. The Morgan fingerprint density at radius 3 is 2.44 bits per heavy atom. The van der Waals surface area contributed by atoms with Crippen molar-refractivity contribution in [2.24, 2.45) is 0 Å². The molecule has 0 bridgehead atoms. The molecular formula is C19H13Cl2F3N6O2. The maximum absolute atomic E-state index is 12.5. The molecule has 4 aromatic rings. The maximum Gasteiger partial charge on any atom is 0.446 e. The Labute approximate surface area is 188 Å². The molecule has 0 aliphatic rings. The average molecular weight is 485 g/mol. The minimum atomic E-state index is -4.64. The van der Waals surface area contributed by atoms with Crippen molar-refractivity contribution in [2.75, 3.05) is 5.32 Å². The number of fused-ring (bicyclic) bond motifs is 1. The van der Waals surface area contributed by atoms with Crippen LogP contribution in [0.4, 0.5) is 19.1 Å². The zero-order valence-electron chi connectivity index (χ0n) is 15.9. The molecule has 2 N–H and O–H groups in total. The van der Waals surface area contributed by atoms with Crippen LogP contribution in [-0.4, -0.2) is 37.2 Å². The van der Waals surface area contributed by atoms with E-state index in [1.54, 1.807) is 42.9 Å². The molecule has 13 heteroatoms. The Bertz CT molecular complexity index is 1290. The molecule has 3 heterocycles. The van der Waals surface area contributed by atoms with Gasteiger partial charge < -0.3 is 5.32 Å². The fourth-order valence-corrected chi connectivity index (χ4v) is 2.87. The van der Waals surface area contributed by atoms with E-state index >= 15 is 0 Å². The molecule has 0 atom stereocenters. The van der Waals surface area contributed by atoms with Crippen LogP contribution in [-0.2, 0) is 11.3 Å². The number of hydrogen-bond acceptors (Lipinski definition) is 6. The Balaban J connectivity index is 0.000000427. The molecule has 0 saturated heterocycles. The van der Waals surface area contributed by atoms with Crippen molar-refractivity contribution in [3.05, 3.63) is 74.9 Å². The van der Waals surface area contributed by atoms with Gasteiger partial charge in [-0.1, -0.05) is 29.3 Å². The lowest BCUT2D eigenvalue weighted by atomic mass is 10.2. The van der Waals surface area contributed by atoms with Crippen LogP contribution >= 0.6 is 23.2 Å². The highest BCUT2D eigenvalue weighted by atomic mass is 35.5. The first-order valence-corrected chi connectivity index (χ1v) is 9.53. The van der Waals surface area contributed by atoms with Crippen LogP contribution in [0, 0.1) is 0 Å². The van der Waals surface area contributed by atoms with Crippen LogP contribution in [0.1, 0.15) is 5.56 Å². The summed E-state index contributed by atoms with van der Waals surface area (Å²) < 4.78 is 32.8. The Morgan fingerprint density at radius 1 is 1.12 bits per heavy atom. The molecule has 0 fully saturated rings. The monoisotopic (exact) mass is 484 g/mol. The molecule has 0 radical (unpaired) electrons. The number of H-pyrrole nitrogens is 1. The van der Waals surface area contributed by atoms with E-state index in [0.29, 0.717) is 33.6 Å². The van der Waals surface area contributed by atoms with Crippen molar-refractivity contribution in [1.82, 2.24) is 24.7 Å². The fraction of sp³-hybridized carbons (Fsp3) is 0.105. The number of nitrogens with zero attached hydrogens (tertiary/aromatic N) is 4. The van der Waals surface area contributed by atoms with Gasteiger partial charge in [0.25, 0.3) is 5.56 Å². The van der Waals surface area contributed by atoms with Gasteiger partial charge in [-0.3, -0.25) is 19.6 Å². The molecular weight excluding hydrogens is 472 g/mol. The third-order valence-corrected chi connectivity index (χ3v) is 4.65. The van der Waals surface area contributed by atoms with E-state index in [1.165, 1.54) is 4.68 Å². The van der Waals surface area contributed by atoms with Gasteiger partial charge in [-0.05, 0) is 29.8 Å². The SMILES string of the molecule is O=CC(F)(F)F.O=c1[nH]c(NCc2ccc(Cl)c(Cl)c2)nc2cnn(-c3ccncc3)c12. The zero-order chi connectivity index (χ0) is 23.3. The molecule has 0 saturated carbocycles. The summed E-state index contributed by atoms with van der Waals surface area (Å²) in [5, 5.41) is 8.29. The van der Waals surface area contributed by atoms with Crippen LogP contribution < -0.4 is 10.9 Å². The highest BCUT2D eigenvalue weighted by Gasteiger charge is 2.24. The first-order chi connectivity index (χ1) is 15.2. The zero-order valence-corrected chi connectivity index (χ0v) is 17.4. The predicted octanol–water partition coefficient (Wildman–Crippen LogP) is 4.17. The van der Waals surface area contributed by atoms with Gasteiger partial charge in [-0.25, -0.2) is 9.67 Å². The molecule has 0 aliphatic heterocycles. The molecule has 4 rings (SSSR count). The van der Waals surface area contributed by atoms with Gasteiger partial charge in [0.15, 0.2) is 5.52 Å². The summed E-state index contributed by atoms with van der Waals surface area (Å²) in [6.45, 7) is 0.434. The summed E-state index contributed by atoms with van der Waals surface area (Å²) in [5.41, 5.74) is 2.22. The molecule has 0 spiro atoms. The first kappa shape index (κ1) is 23.2. The lowest BCUT2D eigenvalue weighted by Gasteiger charge is -2.07. The highest BCUT2D eigenvalue weighted by molar-refractivity contribution is 6.42. The molecule has 0 aliphatic carbocycles. The highest BCUT2D eigenvalue weighted by Crippen LogP contribution is 2.23. The number of anilines is 1. The Morgan fingerprint density at radius 2 is 1.81 bits per heavy atom. The number of aldehydes is 1. The number of aromatic nitrogens is 5. The second-order valence-electron chi connectivity index (χ2n) is 6.17. The van der Waals surface area contributed by atoms with Crippen LogP contribution in [0.15, 0.2) is 53.7 Å². The molecule has 1 aromatic carbocycles. The fourth-order valence-electron chi connectivity index (χ4n) is 2.55. The van der Waals surface area contributed by atoms with E-state index in [2.05, 4.69) is 25.4 Å². The minimum absolute atomic E-state index is 0.291. The van der Waals surface area contributed by atoms with Gasteiger partial charge in [0.2, 0.25) is 12.2 Å². The first-order valence-electron chi connectivity index (χ1n) is 8.77. The van der Waals surface area contributed by atoms with Gasteiger partial charge in [0.1, 0.15) is 5.52 Å². The van der Waals surface area contributed by atoms with E-state index in [-0.39, 0.29) is 5.56 Å². The van der Waals surface area contributed by atoms with Gasteiger partial charge in [0.05, 0.1) is 21.9 Å². The van der Waals surface area contributed by atoms with Crippen molar-refractivity contribution in [1.29, 1.82) is 0 Å². The van der Waals surface area contributed by atoms with Crippen molar-refractivity contribution in [2.45, 2.75) is 12.7 Å². The summed E-state index contributed by atoms with van der Waals surface area (Å²) in [6, 6.07) is 8.86. The number of hydrogen-bond donors (Lipinski definition) is 2. The standard InChI is InChI=1S/C17H12Cl2N6O.C2HF3O/c18-12-2-1-10(7-13(12)19)8-21-17-23-14-9-22-25(15(14)16(26)24-17)11-3-5-20-6-4-11;3-2(4,5)1-6/h1-7,9H,8H2,(H2,21,23,24,26);1H. The van der Waals surface area contributed by atoms with Crippen molar-refractivity contribution in [3.8, 4) is 5.69 Å². The topological polar surface area (TPSA) is 106 Å². The Kier molecular flexibility index (Phi) is 7.11. The lowest BCUT2D eigenvalue weighted by molar-refractivity contribution is -0.156. The second-order valence-corrected chi connectivity index (χ2v) is 6.99. The van der Waals surface area contributed by atoms with Crippen molar-refractivity contribution in [3.63, 3.8) is 0 Å². The van der Waals surface area contributed by atoms with Gasteiger partial charge in [-0.15, -0.1) is 0 Å². The third-order valence-electron chi connectivity index (χ3n) is 3.91. The quantitative estimate of drug-likeness (QED) is 0.421. The number of rotatable bonds is 4. The minimum Gasteiger partial charge on any atom is -0.352 e. The van der Waals surface area contributed by atoms with E-state index in [0.717, 1.165) is 11.3 Å². The number of carbonyl (C=O) groups excluding carboxylic acids is 1. The number of carbonyl (C=O) groups is 1. The van der Waals surface area contributed by atoms with Crippen molar-refractivity contribution < 1.29 is 18.0 Å². The summed E-state index contributed by atoms with van der Waals surface area (Å²) in [5.74, 6) is 0.350. The van der Waals surface area contributed by atoms with Crippen LogP contribution in [0.25, 0.3) is 16.7 Å². The number of benzene rings is 1. The van der Waals surface area contributed by atoms with E-state index in [9.17, 15) is 18.0 Å². The molecule has 0 amide bonds. The summed E-state index contributed by atoms with van der Waals surface area (Å²) in [6.07, 6.45) is -0.877. The molecule has 8 nitrogen and oxygen atoms in total. The predicted molar refractivity (Wildman–Crippen MR) is 113 cm³/mol. The number of alkyl halides is 3. The third kappa shape index (κ3) is 5.83. The average Bonchev–Trinajstić information content (AvgIpc) is 3.20. The number of nitrogens with one attached hydrogen (secondary N) is 2. The number of aromatic amines is 1. The van der Waals surface area contributed by atoms with Crippen LogP contribution in [0.2, 0.25) is 10.0 Å². The van der Waals surface area contributed by atoms with Crippen molar-refractivity contribution >= 4 is 46.5 Å². The second kappa shape index (κ2) is 9.79. The summed E-state index contributed by atoms with van der Waals surface area (Å²) >= 11 is 11.9. The summed E-state index contributed by atoms with van der Waals surface area (Å²) in [4.78, 5) is 32.3. The van der Waals surface area contributed by atoms with Gasteiger partial charge in [0, 0.05) is 18.9 Å². The van der Waals surface area contributed by atoms with Crippen LogP contribution in [0.3, 0.4) is 0 Å². The van der Waals surface area contributed by atoms with Gasteiger partial charge in [-0.2, -0.15) is 18.3 Å². The van der Waals surface area contributed by atoms with Crippen LogP contribution in [0.5, 0.6) is 0 Å². The molecule has 166 valence electrons. The van der Waals surface area contributed by atoms with E-state index < -0.39 is 12.5 Å². The number of pyridine rings is 1. The lowest BCUT2D eigenvalue weighted by Crippen LogP contribution is -2.15. The molecule has 32 heavy (non-hydrogen) atoms. The van der Waals surface area contributed by atoms with E-state index in [4.69, 9.17) is 28.0 Å². The van der Waals surface area contributed by atoms with E-state index in [1.807, 2.05) is 6.07 Å². The number of halogens is 5. The van der Waals surface area contributed by atoms with Gasteiger partial charge >= 0.3 is 6.18 Å².